The highest BCUT2D eigenvalue weighted by Gasteiger charge is 2.07. The van der Waals surface area contributed by atoms with E-state index in [1.54, 1.807) is 25.3 Å². The number of fused-ring (bicyclic) bond motifs is 1. The molecule has 0 radical (unpaired) electrons. The van der Waals surface area contributed by atoms with E-state index in [9.17, 15) is 5.11 Å². The van der Waals surface area contributed by atoms with Crippen LogP contribution in [0.4, 0.5) is 0 Å². The Morgan fingerprint density at radius 3 is 2.78 bits per heavy atom. The van der Waals surface area contributed by atoms with Gasteiger partial charge in [-0.1, -0.05) is 41.6 Å². The van der Waals surface area contributed by atoms with Crippen LogP contribution in [0.5, 0.6) is 5.75 Å². The fourth-order valence-electron chi connectivity index (χ4n) is 2.55. The number of benzene rings is 2. The molecule has 23 heavy (non-hydrogen) atoms. The van der Waals surface area contributed by atoms with E-state index in [0.717, 1.165) is 11.1 Å². The van der Waals surface area contributed by atoms with Gasteiger partial charge in [0.15, 0.2) is 0 Å². The smallest absolute Gasteiger partial charge is 0.143 e. The number of nitrogens with zero attached hydrogens (tertiary/aromatic N) is 2. The summed E-state index contributed by atoms with van der Waals surface area (Å²) >= 11 is 0. The lowest BCUT2D eigenvalue weighted by molar-refractivity contribution is 0.131. The second-order valence-electron chi connectivity index (χ2n) is 5.40. The number of oxime groups is 1. The number of pyridine rings is 1. The van der Waals surface area contributed by atoms with Crippen molar-refractivity contribution in [1.82, 2.24) is 4.98 Å². The van der Waals surface area contributed by atoms with Crippen LogP contribution in [0, 0.1) is 6.92 Å². The average molecular weight is 306 g/mol. The molecule has 0 bridgehead atoms. The van der Waals surface area contributed by atoms with Crippen LogP contribution in [0.25, 0.3) is 10.8 Å². The molecule has 0 saturated carbocycles. The van der Waals surface area contributed by atoms with Crippen LogP contribution in [-0.4, -0.2) is 15.8 Å². The normalized spacial score (nSPS) is 11.7. The summed E-state index contributed by atoms with van der Waals surface area (Å²) in [5, 5.41) is 16.2. The van der Waals surface area contributed by atoms with E-state index < -0.39 is 0 Å². The molecule has 0 aliphatic carbocycles. The van der Waals surface area contributed by atoms with Crippen molar-refractivity contribution in [3.05, 3.63) is 71.5 Å². The zero-order chi connectivity index (χ0) is 16.2. The molecule has 3 rings (SSSR count). The predicted octanol–water partition coefficient (Wildman–Crippen LogP) is 4.19. The van der Waals surface area contributed by atoms with Gasteiger partial charge < -0.3 is 9.94 Å². The SMILES string of the molecule is CC(=NOCc1c(C)ccc2ccccc12)c1ncccc1O. The standard InChI is InChI=1S/C19H18N2O2/c1-13-9-10-15-6-3-4-7-16(15)17(13)12-23-21-14(2)19-18(22)8-5-11-20-19/h3-11,22H,12H2,1-2H3. The topological polar surface area (TPSA) is 54.7 Å². The van der Waals surface area contributed by atoms with Gasteiger partial charge in [-0.2, -0.15) is 0 Å². The average Bonchev–Trinajstić information content (AvgIpc) is 2.57. The highest BCUT2D eigenvalue weighted by molar-refractivity contribution is 5.98. The zero-order valence-electron chi connectivity index (χ0n) is 13.2. The van der Waals surface area contributed by atoms with Gasteiger partial charge in [-0.15, -0.1) is 0 Å². The van der Waals surface area contributed by atoms with Crippen molar-refractivity contribution in [2.45, 2.75) is 20.5 Å². The maximum absolute atomic E-state index is 9.78. The third-order valence-corrected chi connectivity index (χ3v) is 3.81. The number of aryl methyl sites for hydroxylation is 1. The highest BCUT2D eigenvalue weighted by atomic mass is 16.6. The molecule has 0 aliphatic rings. The summed E-state index contributed by atoms with van der Waals surface area (Å²) in [4.78, 5) is 9.63. The van der Waals surface area contributed by atoms with Crippen molar-refractivity contribution in [2.24, 2.45) is 5.16 Å². The molecule has 3 aromatic rings. The predicted molar refractivity (Wildman–Crippen MR) is 91.6 cm³/mol. The Labute approximate surface area is 135 Å². The number of aromatic nitrogens is 1. The molecule has 2 aromatic carbocycles. The van der Waals surface area contributed by atoms with Crippen LogP contribution in [-0.2, 0) is 11.4 Å². The van der Waals surface area contributed by atoms with E-state index in [2.05, 4.69) is 41.3 Å². The summed E-state index contributed by atoms with van der Waals surface area (Å²) in [7, 11) is 0. The van der Waals surface area contributed by atoms with Crippen molar-refractivity contribution in [3.63, 3.8) is 0 Å². The second kappa shape index (κ2) is 6.48. The summed E-state index contributed by atoms with van der Waals surface area (Å²) in [5.41, 5.74) is 3.25. The Hall–Kier alpha value is -2.88. The summed E-state index contributed by atoms with van der Waals surface area (Å²) in [6.07, 6.45) is 1.61. The van der Waals surface area contributed by atoms with Crippen molar-refractivity contribution in [3.8, 4) is 5.75 Å². The maximum atomic E-state index is 9.78. The van der Waals surface area contributed by atoms with Gasteiger partial charge in [-0.25, -0.2) is 0 Å². The first kappa shape index (κ1) is 15.0. The van der Waals surface area contributed by atoms with Gasteiger partial charge in [0.1, 0.15) is 23.8 Å². The number of hydrogen-bond donors (Lipinski definition) is 1. The first-order valence-electron chi connectivity index (χ1n) is 7.45. The van der Waals surface area contributed by atoms with E-state index in [1.165, 1.54) is 10.8 Å². The minimum Gasteiger partial charge on any atom is -0.506 e. The molecule has 0 saturated heterocycles. The van der Waals surface area contributed by atoms with Gasteiger partial charge in [0, 0.05) is 11.8 Å². The molecule has 0 atom stereocenters. The number of rotatable bonds is 4. The molecule has 116 valence electrons. The lowest BCUT2D eigenvalue weighted by Crippen LogP contribution is -2.01. The third-order valence-electron chi connectivity index (χ3n) is 3.81. The molecule has 0 fully saturated rings. The van der Waals surface area contributed by atoms with Crippen LogP contribution >= 0.6 is 0 Å². The number of hydrogen-bond acceptors (Lipinski definition) is 4. The molecule has 0 amide bonds. The minimum absolute atomic E-state index is 0.0960. The van der Waals surface area contributed by atoms with Gasteiger partial charge in [0.25, 0.3) is 0 Å². The van der Waals surface area contributed by atoms with Gasteiger partial charge in [-0.05, 0) is 42.3 Å². The lowest BCUT2D eigenvalue weighted by Gasteiger charge is -2.10. The van der Waals surface area contributed by atoms with Crippen molar-refractivity contribution >= 4 is 16.5 Å². The van der Waals surface area contributed by atoms with E-state index in [0.29, 0.717) is 18.0 Å². The Balaban J connectivity index is 1.83. The fraction of sp³-hybridized carbons (Fsp3) is 0.158. The largest absolute Gasteiger partial charge is 0.506 e. The Bertz CT molecular complexity index is 872. The molecular weight excluding hydrogens is 288 g/mol. The van der Waals surface area contributed by atoms with Crippen molar-refractivity contribution in [1.29, 1.82) is 0 Å². The number of aromatic hydroxyl groups is 1. The van der Waals surface area contributed by atoms with Crippen molar-refractivity contribution < 1.29 is 9.94 Å². The Morgan fingerprint density at radius 2 is 1.96 bits per heavy atom. The summed E-state index contributed by atoms with van der Waals surface area (Å²) in [5.74, 6) is 0.0960. The Morgan fingerprint density at radius 1 is 1.13 bits per heavy atom. The summed E-state index contributed by atoms with van der Waals surface area (Å²) < 4.78 is 0. The monoisotopic (exact) mass is 306 g/mol. The Kier molecular flexibility index (Phi) is 4.24. The molecule has 1 N–H and O–H groups in total. The summed E-state index contributed by atoms with van der Waals surface area (Å²) in [6.45, 7) is 4.20. The van der Waals surface area contributed by atoms with Crippen LogP contribution < -0.4 is 0 Å². The van der Waals surface area contributed by atoms with E-state index >= 15 is 0 Å². The molecular formula is C19H18N2O2. The molecule has 0 aliphatic heterocycles. The van der Waals surface area contributed by atoms with Crippen LogP contribution in [0.3, 0.4) is 0 Å². The molecule has 1 heterocycles. The zero-order valence-corrected chi connectivity index (χ0v) is 13.2. The summed E-state index contributed by atoms with van der Waals surface area (Å²) in [6, 6.07) is 15.7. The molecule has 0 unspecified atom stereocenters. The van der Waals surface area contributed by atoms with Gasteiger partial charge in [-0.3, -0.25) is 4.98 Å². The van der Waals surface area contributed by atoms with E-state index in [1.807, 2.05) is 12.1 Å². The van der Waals surface area contributed by atoms with Crippen LogP contribution in [0.1, 0.15) is 23.7 Å². The third kappa shape index (κ3) is 3.16. The van der Waals surface area contributed by atoms with Crippen molar-refractivity contribution in [2.75, 3.05) is 0 Å². The van der Waals surface area contributed by atoms with Gasteiger partial charge in [0.2, 0.25) is 0 Å². The fourth-order valence-corrected chi connectivity index (χ4v) is 2.55. The van der Waals surface area contributed by atoms with Gasteiger partial charge >= 0.3 is 0 Å². The quantitative estimate of drug-likeness (QED) is 0.581. The molecule has 1 aromatic heterocycles. The minimum atomic E-state index is 0.0960. The first-order chi connectivity index (χ1) is 11.2. The second-order valence-corrected chi connectivity index (χ2v) is 5.40. The van der Waals surface area contributed by atoms with E-state index in [-0.39, 0.29) is 5.75 Å². The van der Waals surface area contributed by atoms with E-state index in [4.69, 9.17) is 4.84 Å². The molecule has 4 nitrogen and oxygen atoms in total. The lowest BCUT2D eigenvalue weighted by atomic mass is 10.0. The highest BCUT2D eigenvalue weighted by Crippen LogP contribution is 2.23. The maximum Gasteiger partial charge on any atom is 0.143 e. The van der Waals surface area contributed by atoms with Gasteiger partial charge in [0.05, 0.1) is 0 Å². The molecule has 4 heteroatoms. The molecule has 0 spiro atoms. The van der Waals surface area contributed by atoms with Crippen LogP contribution in [0.15, 0.2) is 59.9 Å². The van der Waals surface area contributed by atoms with Crippen LogP contribution in [0.2, 0.25) is 0 Å². The first-order valence-corrected chi connectivity index (χ1v) is 7.45.